The molecule has 238 valence electrons. The van der Waals surface area contributed by atoms with Crippen LogP contribution in [-0.2, 0) is 0 Å². The van der Waals surface area contributed by atoms with Gasteiger partial charge in [-0.15, -0.1) is 0 Å². The van der Waals surface area contributed by atoms with Crippen LogP contribution in [-0.4, -0.2) is 14.5 Å². The second kappa shape index (κ2) is 11.9. The summed E-state index contributed by atoms with van der Waals surface area (Å²) in [6.45, 7) is 0. The SMILES string of the molecule is c1ccc(-c2c(-c3ccc(-c4nc5ccccc5n4-c4ccccc4)cc3)c3ccccc3c3cnc(-c4ccc5ccccc5c4)cc23)cc1. The van der Waals surface area contributed by atoms with Crippen molar-refractivity contribution in [3.63, 3.8) is 0 Å². The molecule has 0 atom stereocenters. The Bertz CT molecular complexity index is 2890. The maximum absolute atomic E-state index is 5.13. The maximum atomic E-state index is 5.13. The molecule has 0 aliphatic heterocycles. The smallest absolute Gasteiger partial charge is 0.145 e. The molecule has 0 aliphatic carbocycles. The standard InChI is InChI=1S/C48H31N3/c1-3-14-33(15-4-1)47-41-30-44(37-28-23-32-13-7-8-16-36(32)29-37)49-31-42(41)39-19-9-10-20-40(39)46(47)34-24-26-35(27-25-34)48-50-43-21-11-12-22-45(43)51(48)38-17-5-2-6-18-38/h1-31H. The highest BCUT2D eigenvalue weighted by molar-refractivity contribution is 6.21. The third kappa shape index (κ3) is 4.90. The molecule has 0 unspecified atom stereocenters. The summed E-state index contributed by atoms with van der Waals surface area (Å²) in [7, 11) is 0. The summed E-state index contributed by atoms with van der Waals surface area (Å²) in [5, 5.41) is 7.15. The van der Waals surface area contributed by atoms with Crippen molar-refractivity contribution in [1.82, 2.24) is 14.5 Å². The van der Waals surface area contributed by atoms with E-state index in [1.165, 1.54) is 43.6 Å². The second-order valence-electron chi connectivity index (χ2n) is 13.0. The predicted octanol–water partition coefficient (Wildman–Crippen LogP) is 12.5. The number of benzene rings is 8. The zero-order valence-electron chi connectivity index (χ0n) is 27.7. The van der Waals surface area contributed by atoms with Gasteiger partial charge in [0.15, 0.2) is 0 Å². The van der Waals surface area contributed by atoms with Gasteiger partial charge in [0.1, 0.15) is 5.82 Å². The van der Waals surface area contributed by atoms with E-state index >= 15 is 0 Å². The van der Waals surface area contributed by atoms with E-state index < -0.39 is 0 Å². The Morgan fingerprint density at radius 1 is 0.392 bits per heavy atom. The van der Waals surface area contributed by atoms with Crippen LogP contribution in [0.2, 0.25) is 0 Å². The minimum absolute atomic E-state index is 0.923. The first kappa shape index (κ1) is 29.1. The van der Waals surface area contributed by atoms with Crippen LogP contribution in [0.4, 0.5) is 0 Å². The van der Waals surface area contributed by atoms with Crippen molar-refractivity contribution in [3.8, 4) is 50.6 Å². The van der Waals surface area contributed by atoms with Gasteiger partial charge in [-0.25, -0.2) is 4.98 Å². The van der Waals surface area contributed by atoms with Crippen LogP contribution < -0.4 is 0 Å². The third-order valence-corrected chi connectivity index (χ3v) is 10.0. The lowest BCUT2D eigenvalue weighted by Crippen LogP contribution is -1.97. The Morgan fingerprint density at radius 2 is 1.00 bits per heavy atom. The summed E-state index contributed by atoms with van der Waals surface area (Å²) in [6.07, 6.45) is 2.07. The molecule has 0 saturated carbocycles. The molecule has 0 aliphatic rings. The van der Waals surface area contributed by atoms with Crippen molar-refractivity contribution in [3.05, 3.63) is 188 Å². The lowest BCUT2D eigenvalue weighted by molar-refractivity contribution is 1.10. The van der Waals surface area contributed by atoms with Gasteiger partial charge in [-0.3, -0.25) is 9.55 Å². The van der Waals surface area contributed by atoms with E-state index in [2.05, 4.69) is 193 Å². The highest BCUT2D eigenvalue weighted by Crippen LogP contribution is 2.45. The first-order valence-electron chi connectivity index (χ1n) is 17.3. The number of hydrogen-bond acceptors (Lipinski definition) is 2. The molecule has 0 bridgehead atoms. The highest BCUT2D eigenvalue weighted by Gasteiger charge is 2.20. The quantitative estimate of drug-likeness (QED) is 0.174. The Kier molecular flexibility index (Phi) is 6.81. The summed E-state index contributed by atoms with van der Waals surface area (Å²) < 4.78 is 2.26. The Labute approximate surface area is 295 Å². The summed E-state index contributed by atoms with van der Waals surface area (Å²) in [5.74, 6) is 0.923. The minimum atomic E-state index is 0.923. The number of pyridine rings is 1. The third-order valence-electron chi connectivity index (χ3n) is 10.0. The lowest BCUT2D eigenvalue weighted by atomic mass is 9.85. The predicted molar refractivity (Wildman–Crippen MR) is 213 cm³/mol. The zero-order chi connectivity index (χ0) is 33.7. The lowest BCUT2D eigenvalue weighted by Gasteiger charge is -2.19. The summed E-state index contributed by atoms with van der Waals surface area (Å²) in [4.78, 5) is 10.2. The summed E-state index contributed by atoms with van der Waals surface area (Å²) >= 11 is 0. The van der Waals surface area contributed by atoms with Gasteiger partial charge in [0.2, 0.25) is 0 Å². The number of aromatic nitrogens is 3. The summed E-state index contributed by atoms with van der Waals surface area (Å²) in [6, 6.07) is 64.7. The van der Waals surface area contributed by atoms with Gasteiger partial charge in [-0.2, -0.15) is 0 Å². The van der Waals surface area contributed by atoms with Crippen LogP contribution in [0, 0.1) is 0 Å². The normalized spacial score (nSPS) is 11.5. The summed E-state index contributed by atoms with van der Waals surface area (Å²) in [5.41, 5.74) is 11.0. The monoisotopic (exact) mass is 649 g/mol. The Morgan fingerprint density at radius 3 is 1.82 bits per heavy atom. The molecule has 2 aromatic heterocycles. The van der Waals surface area contributed by atoms with Crippen LogP contribution >= 0.6 is 0 Å². The van der Waals surface area contributed by atoms with Gasteiger partial charge in [0.25, 0.3) is 0 Å². The average Bonchev–Trinajstić information content (AvgIpc) is 3.60. The number of fused-ring (bicyclic) bond motifs is 5. The van der Waals surface area contributed by atoms with Crippen LogP contribution in [0.5, 0.6) is 0 Å². The van der Waals surface area contributed by atoms with Crippen LogP contribution in [0.3, 0.4) is 0 Å². The van der Waals surface area contributed by atoms with E-state index in [9.17, 15) is 0 Å². The van der Waals surface area contributed by atoms with Gasteiger partial charge in [-0.1, -0.05) is 146 Å². The number of hydrogen-bond donors (Lipinski definition) is 0. The molecule has 0 amide bonds. The number of imidazole rings is 1. The van der Waals surface area contributed by atoms with Crippen LogP contribution in [0.1, 0.15) is 0 Å². The molecule has 2 heterocycles. The molecule has 10 aromatic rings. The van der Waals surface area contributed by atoms with Gasteiger partial charge < -0.3 is 0 Å². The first-order valence-corrected chi connectivity index (χ1v) is 17.3. The average molecular weight is 650 g/mol. The van der Waals surface area contributed by atoms with Gasteiger partial charge in [0.05, 0.1) is 16.7 Å². The van der Waals surface area contributed by atoms with Gasteiger partial charge in [0, 0.05) is 28.4 Å². The fraction of sp³-hybridized carbons (Fsp3) is 0. The van der Waals surface area contributed by atoms with E-state index in [1.54, 1.807) is 0 Å². The number of rotatable bonds is 5. The van der Waals surface area contributed by atoms with Gasteiger partial charge >= 0.3 is 0 Å². The van der Waals surface area contributed by atoms with E-state index in [1.807, 2.05) is 0 Å². The molecule has 3 heteroatoms. The molecular formula is C48H31N3. The van der Waals surface area contributed by atoms with E-state index in [-0.39, 0.29) is 0 Å². The van der Waals surface area contributed by atoms with Crippen molar-refractivity contribution < 1.29 is 0 Å². The molecule has 0 spiro atoms. The van der Waals surface area contributed by atoms with Crippen LogP contribution in [0.15, 0.2) is 188 Å². The fourth-order valence-electron chi connectivity index (χ4n) is 7.64. The van der Waals surface area contributed by atoms with Crippen molar-refractivity contribution in [2.45, 2.75) is 0 Å². The molecule has 51 heavy (non-hydrogen) atoms. The molecule has 0 fully saturated rings. The number of para-hydroxylation sites is 3. The maximum Gasteiger partial charge on any atom is 0.145 e. The topological polar surface area (TPSA) is 30.7 Å². The Balaban J connectivity index is 1.21. The molecule has 0 radical (unpaired) electrons. The molecule has 8 aromatic carbocycles. The number of nitrogens with zero attached hydrogens (tertiary/aromatic N) is 3. The van der Waals surface area contributed by atoms with Crippen molar-refractivity contribution in [2.24, 2.45) is 0 Å². The molecular weight excluding hydrogens is 619 g/mol. The van der Waals surface area contributed by atoms with E-state index in [0.29, 0.717) is 0 Å². The van der Waals surface area contributed by atoms with Crippen LogP contribution in [0.25, 0.3) is 93.9 Å². The highest BCUT2D eigenvalue weighted by atomic mass is 15.1. The first-order chi connectivity index (χ1) is 25.3. The van der Waals surface area contributed by atoms with Crippen molar-refractivity contribution in [1.29, 1.82) is 0 Å². The largest absolute Gasteiger partial charge is 0.292 e. The molecule has 10 rings (SSSR count). The Hall–Kier alpha value is -6.84. The van der Waals surface area contributed by atoms with E-state index in [0.717, 1.165) is 50.3 Å². The molecule has 0 N–H and O–H groups in total. The minimum Gasteiger partial charge on any atom is -0.292 e. The van der Waals surface area contributed by atoms with Crippen molar-refractivity contribution in [2.75, 3.05) is 0 Å². The second-order valence-corrected chi connectivity index (χ2v) is 13.0. The molecule has 0 saturated heterocycles. The molecule has 3 nitrogen and oxygen atoms in total. The fourth-order valence-corrected chi connectivity index (χ4v) is 7.64. The van der Waals surface area contributed by atoms with Crippen molar-refractivity contribution >= 4 is 43.4 Å². The zero-order valence-corrected chi connectivity index (χ0v) is 27.7. The van der Waals surface area contributed by atoms with Gasteiger partial charge in [-0.05, 0) is 85.6 Å². The van der Waals surface area contributed by atoms with E-state index in [4.69, 9.17) is 9.97 Å².